The van der Waals surface area contributed by atoms with E-state index in [2.05, 4.69) is 10.3 Å². The van der Waals surface area contributed by atoms with Crippen LogP contribution in [0, 0.1) is 5.92 Å². The molecular weight excluding hydrogens is 246 g/mol. The normalized spacial score (nSPS) is 13.7. The number of rotatable bonds is 9. The third kappa shape index (κ3) is 9.01. The predicted molar refractivity (Wildman–Crippen MR) is 75.3 cm³/mol. The van der Waals surface area contributed by atoms with Crippen LogP contribution >= 0.6 is 0 Å². The van der Waals surface area contributed by atoms with Gasteiger partial charge in [-0.3, -0.25) is 9.79 Å². The van der Waals surface area contributed by atoms with Crippen LogP contribution in [-0.2, 0) is 9.59 Å². The summed E-state index contributed by atoms with van der Waals surface area (Å²) in [5, 5.41) is 2.62. The molecule has 7 N–H and O–H groups in total. The van der Waals surface area contributed by atoms with Crippen LogP contribution in [0.1, 0.15) is 33.1 Å². The Balaban J connectivity index is 4.07. The monoisotopic (exact) mass is 271 g/mol. The lowest BCUT2D eigenvalue weighted by Crippen LogP contribution is -2.46. The van der Waals surface area contributed by atoms with E-state index in [0.717, 1.165) is 0 Å². The van der Waals surface area contributed by atoms with Crippen LogP contribution in [0.2, 0.25) is 0 Å². The molecule has 0 heterocycles. The quantitative estimate of drug-likeness (QED) is 0.186. The molecule has 0 saturated carbocycles. The molecule has 7 nitrogen and oxygen atoms in total. The minimum atomic E-state index is -0.583. The van der Waals surface area contributed by atoms with E-state index in [1.807, 2.05) is 13.8 Å². The molecule has 1 amide bonds. The van der Waals surface area contributed by atoms with Crippen molar-refractivity contribution < 1.29 is 9.59 Å². The molecule has 110 valence electrons. The molecular formula is C12H25N5O2. The molecule has 0 aliphatic heterocycles. The molecule has 0 aliphatic rings. The zero-order chi connectivity index (χ0) is 14.8. The highest BCUT2D eigenvalue weighted by molar-refractivity contribution is 5.84. The fourth-order valence-corrected chi connectivity index (χ4v) is 1.60. The average molecular weight is 271 g/mol. The van der Waals surface area contributed by atoms with Gasteiger partial charge in [0, 0.05) is 6.54 Å². The van der Waals surface area contributed by atoms with Gasteiger partial charge in [-0.25, -0.2) is 0 Å². The second kappa shape index (κ2) is 9.32. The van der Waals surface area contributed by atoms with E-state index in [0.29, 0.717) is 38.0 Å². The number of hydrogen-bond donors (Lipinski definition) is 4. The Hall–Kier alpha value is -1.63. The van der Waals surface area contributed by atoms with Gasteiger partial charge in [0.25, 0.3) is 0 Å². The van der Waals surface area contributed by atoms with E-state index in [1.54, 1.807) is 0 Å². The van der Waals surface area contributed by atoms with Crippen LogP contribution in [0.4, 0.5) is 0 Å². The Kier molecular flexibility index (Phi) is 8.52. The van der Waals surface area contributed by atoms with Gasteiger partial charge in [0.15, 0.2) is 5.96 Å². The second-order valence-corrected chi connectivity index (χ2v) is 4.94. The summed E-state index contributed by atoms with van der Waals surface area (Å²) in [6, 6.07) is -1.12. The van der Waals surface area contributed by atoms with Gasteiger partial charge in [0.05, 0.1) is 12.1 Å². The number of aldehydes is 1. The van der Waals surface area contributed by atoms with Crippen molar-refractivity contribution in [1.82, 2.24) is 5.32 Å². The van der Waals surface area contributed by atoms with Gasteiger partial charge >= 0.3 is 0 Å². The molecule has 1 unspecified atom stereocenters. The van der Waals surface area contributed by atoms with Crippen molar-refractivity contribution >= 4 is 18.2 Å². The summed E-state index contributed by atoms with van der Waals surface area (Å²) in [6.45, 7) is 4.40. The first-order valence-corrected chi connectivity index (χ1v) is 6.43. The van der Waals surface area contributed by atoms with Crippen LogP contribution in [0.3, 0.4) is 0 Å². The van der Waals surface area contributed by atoms with Crippen molar-refractivity contribution in [3.63, 3.8) is 0 Å². The fraction of sp³-hybridized carbons (Fsp3) is 0.750. The maximum absolute atomic E-state index is 11.7. The van der Waals surface area contributed by atoms with Gasteiger partial charge in [-0.2, -0.15) is 0 Å². The Labute approximate surface area is 114 Å². The first-order valence-electron chi connectivity index (χ1n) is 6.43. The molecule has 0 aliphatic carbocycles. The first kappa shape index (κ1) is 17.4. The zero-order valence-corrected chi connectivity index (χ0v) is 11.6. The number of guanidine groups is 1. The van der Waals surface area contributed by atoms with Crippen LogP contribution in [0.25, 0.3) is 0 Å². The van der Waals surface area contributed by atoms with E-state index in [-0.39, 0.29) is 11.9 Å². The smallest absolute Gasteiger partial charge is 0.237 e. The molecule has 0 radical (unpaired) electrons. The third-order valence-electron chi connectivity index (χ3n) is 2.52. The minimum absolute atomic E-state index is 0.0191. The van der Waals surface area contributed by atoms with Gasteiger partial charge in [-0.15, -0.1) is 0 Å². The van der Waals surface area contributed by atoms with Crippen molar-refractivity contribution in [2.75, 3.05) is 6.54 Å². The van der Waals surface area contributed by atoms with Crippen molar-refractivity contribution in [2.24, 2.45) is 28.1 Å². The number of carbonyl (C=O) groups excluding carboxylic acids is 2. The van der Waals surface area contributed by atoms with Crippen molar-refractivity contribution in [3.05, 3.63) is 0 Å². The van der Waals surface area contributed by atoms with Crippen molar-refractivity contribution in [3.8, 4) is 0 Å². The Morgan fingerprint density at radius 2 is 2.00 bits per heavy atom. The highest BCUT2D eigenvalue weighted by Gasteiger charge is 2.18. The molecule has 0 saturated heterocycles. The van der Waals surface area contributed by atoms with Gasteiger partial charge in [0.2, 0.25) is 5.91 Å². The minimum Gasteiger partial charge on any atom is -0.370 e. The van der Waals surface area contributed by atoms with Gasteiger partial charge in [0.1, 0.15) is 6.29 Å². The molecule has 0 bridgehead atoms. The average Bonchev–Trinajstić information content (AvgIpc) is 2.31. The first-order chi connectivity index (χ1) is 8.86. The molecule has 0 aromatic carbocycles. The van der Waals surface area contributed by atoms with E-state index in [9.17, 15) is 9.59 Å². The van der Waals surface area contributed by atoms with Gasteiger partial charge < -0.3 is 27.3 Å². The van der Waals surface area contributed by atoms with E-state index in [4.69, 9.17) is 17.2 Å². The maximum Gasteiger partial charge on any atom is 0.237 e. The molecule has 0 aromatic heterocycles. The van der Waals surface area contributed by atoms with E-state index < -0.39 is 12.1 Å². The standard InChI is InChI=1S/C12H25N5O2/c1-8(2)6-10(13)11(19)17-9(7-18)4-3-5-16-12(14)15/h7-10H,3-6,13H2,1-2H3,(H,17,19)(H4,14,15,16)/t9?,10-/m1/s1. The maximum atomic E-state index is 11.7. The van der Waals surface area contributed by atoms with E-state index >= 15 is 0 Å². The summed E-state index contributed by atoms with van der Waals surface area (Å²) in [5.41, 5.74) is 16.1. The summed E-state index contributed by atoms with van der Waals surface area (Å²) >= 11 is 0. The number of nitrogens with zero attached hydrogens (tertiary/aromatic N) is 1. The van der Waals surface area contributed by atoms with Crippen LogP contribution in [0.15, 0.2) is 4.99 Å². The number of nitrogens with one attached hydrogen (secondary N) is 1. The van der Waals surface area contributed by atoms with Gasteiger partial charge in [-0.05, 0) is 25.2 Å². The number of amides is 1. The Morgan fingerprint density at radius 3 is 2.47 bits per heavy atom. The summed E-state index contributed by atoms with van der Waals surface area (Å²) < 4.78 is 0. The summed E-state index contributed by atoms with van der Waals surface area (Å²) in [5.74, 6) is 0.0515. The lowest BCUT2D eigenvalue weighted by molar-refractivity contribution is -0.125. The largest absolute Gasteiger partial charge is 0.370 e. The third-order valence-corrected chi connectivity index (χ3v) is 2.52. The zero-order valence-electron chi connectivity index (χ0n) is 11.6. The SMILES string of the molecule is CC(C)C[C@@H](N)C(=O)NC(C=O)CCCN=C(N)N. The fourth-order valence-electron chi connectivity index (χ4n) is 1.60. The van der Waals surface area contributed by atoms with Crippen molar-refractivity contribution in [1.29, 1.82) is 0 Å². The van der Waals surface area contributed by atoms with Crippen LogP contribution in [0.5, 0.6) is 0 Å². The molecule has 2 atom stereocenters. The van der Waals surface area contributed by atoms with Crippen molar-refractivity contribution in [2.45, 2.75) is 45.2 Å². The lowest BCUT2D eigenvalue weighted by atomic mass is 10.0. The molecule has 0 rings (SSSR count). The second-order valence-electron chi connectivity index (χ2n) is 4.94. The van der Waals surface area contributed by atoms with Crippen LogP contribution < -0.4 is 22.5 Å². The topological polar surface area (TPSA) is 137 Å². The number of carbonyl (C=O) groups is 2. The number of aliphatic imine (C=N–C) groups is 1. The highest BCUT2D eigenvalue weighted by atomic mass is 16.2. The predicted octanol–water partition coefficient (Wildman–Crippen LogP) is -0.903. The Morgan fingerprint density at radius 1 is 1.37 bits per heavy atom. The molecule has 7 heteroatoms. The van der Waals surface area contributed by atoms with Crippen LogP contribution in [-0.4, -0.2) is 36.8 Å². The summed E-state index contributed by atoms with van der Waals surface area (Å²) in [7, 11) is 0. The number of hydrogen-bond acceptors (Lipinski definition) is 4. The van der Waals surface area contributed by atoms with E-state index in [1.165, 1.54) is 0 Å². The molecule has 0 aromatic rings. The molecule has 0 spiro atoms. The summed E-state index contributed by atoms with van der Waals surface area (Å²) in [4.78, 5) is 26.4. The summed E-state index contributed by atoms with van der Waals surface area (Å²) in [6.07, 6.45) is 2.39. The molecule has 19 heavy (non-hydrogen) atoms. The number of nitrogens with two attached hydrogens (primary N) is 3. The van der Waals surface area contributed by atoms with Gasteiger partial charge in [-0.1, -0.05) is 13.8 Å². The molecule has 0 fully saturated rings. The Bertz CT molecular complexity index is 313. The lowest BCUT2D eigenvalue weighted by Gasteiger charge is -2.17. The highest BCUT2D eigenvalue weighted by Crippen LogP contribution is 2.03.